The summed E-state index contributed by atoms with van der Waals surface area (Å²) >= 11 is 0. The fourth-order valence-corrected chi connectivity index (χ4v) is 11.6. The Kier molecular flexibility index (Phi) is 76.0. The minimum absolute atomic E-state index is 0.0229. The number of carbonyl (C=O) groups is 4. The van der Waals surface area contributed by atoms with Crippen molar-refractivity contribution < 1.29 is 80.2 Å². The molecule has 0 rings (SSSR count). The summed E-state index contributed by atoms with van der Waals surface area (Å²) in [4.78, 5) is 73.1. The number of phosphoric acid groups is 2. The highest BCUT2D eigenvalue weighted by Crippen LogP contribution is 2.45. The van der Waals surface area contributed by atoms with Crippen molar-refractivity contribution in [2.75, 3.05) is 39.6 Å². The third kappa shape index (κ3) is 79.7. The van der Waals surface area contributed by atoms with Gasteiger partial charge in [-0.3, -0.25) is 37.3 Å². The van der Waals surface area contributed by atoms with Crippen LogP contribution in [0.5, 0.6) is 0 Å². The zero-order chi connectivity index (χ0) is 80.3. The van der Waals surface area contributed by atoms with Gasteiger partial charge in [0.1, 0.15) is 19.3 Å². The molecule has 0 spiro atoms. The van der Waals surface area contributed by atoms with E-state index < -0.39 is 97.5 Å². The molecule has 0 aromatic heterocycles. The van der Waals surface area contributed by atoms with E-state index in [1.165, 1.54) is 19.3 Å². The van der Waals surface area contributed by atoms with Crippen molar-refractivity contribution in [3.8, 4) is 0 Å². The number of rotatable bonds is 75. The molecule has 0 aliphatic carbocycles. The van der Waals surface area contributed by atoms with Crippen LogP contribution in [0, 0.1) is 0 Å². The second-order valence-electron chi connectivity index (χ2n) is 26.6. The SMILES string of the molecule is CC/C=C\C/C=C\C/C=C\C/C=C\C/C=C\C/C=C\CCC(=O)OCC(COP(=O)(O)OCC(O)COP(=O)(O)OCC(COC(=O)CCC/C=C\C/C=C\C/C=C\C/C=C\C/C=C\CC)OC(=O)CCCCCCC/C=C\C/C=C\CCCCC)OC(=O)CCCCCCCC/C=C\C/C=C\C/C=C\C/C=C\CC. The molecule has 19 heteroatoms. The van der Waals surface area contributed by atoms with Crippen LogP contribution in [0.4, 0.5) is 0 Å². The van der Waals surface area contributed by atoms with Gasteiger partial charge in [-0.2, -0.15) is 0 Å². The van der Waals surface area contributed by atoms with Gasteiger partial charge in [0.2, 0.25) is 0 Å². The summed E-state index contributed by atoms with van der Waals surface area (Å²) in [6, 6.07) is 0. The van der Waals surface area contributed by atoms with Gasteiger partial charge in [0.25, 0.3) is 0 Å². The number of hydrogen-bond acceptors (Lipinski definition) is 15. The molecule has 0 bridgehead atoms. The molecule has 0 aliphatic heterocycles. The van der Waals surface area contributed by atoms with E-state index in [0.717, 1.165) is 173 Å². The first-order valence-electron chi connectivity index (χ1n) is 41.3. The first-order chi connectivity index (χ1) is 53.7. The van der Waals surface area contributed by atoms with Gasteiger partial charge in [-0.25, -0.2) is 9.13 Å². The Bertz CT molecular complexity index is 2900. The first kappa shape index (κ1) is 104. The number of hydrogen-bond donors (Lipinski definition) is 3. The number of allylic oxidation sites excluding steroid dienone is 34. The highest BCUT2D eigenvalue weighted by Gasteiger charge is 2.30. The van der Waals surface area contributed by atoms with Crippen LogP contribution in [-0.2, 0) is 65.4 Å². The lowest BCUT2D eigenvalue weighted by atomic mass is 10.1. The fraction of sp³-hybridized carbons (Fsp3) is 0.582. The lowest BCUT2D eigenvalue weighted by Gasteiger charge is -2.21. The fourth-order valence-electron chi connectivity index (χ4n) is 10.1. The molecule has 0 fully saturated rings. The van der Waals surface area contributed by atoms with Gasteiger partial charge in [-0.05, 0) is 173 Å². The monoisotopic (exact) mass is 1570 g/mol. The van der Waals surface area contributed by atoms with E-state index >= 15 is 0 Å². The number of aliphatic hydroxyl groups excluding tert-OH is 1. The average Bonchev–Trinajstić information content (AvgIpc) is 0.900. The van der Waals surface area contributed by atoms with E-state index in [0.29, 0.717) is 38.5 Å². The number of phosphoric ester groups is 2. The molecule has 5 atom stereocenters. The molecular formula is C91H144O17P2. The second-order valence-corrected chi connectivity index (χ2v) is 29.5. The molecule has 0 aromatic carbocycles. The Hall–Kier alpha value is -6.36. The average molecular weight is 1570 g/mol. The zero-order valence-corrected chi connectivity index (χ0v) is 69.6. The molecular weight excluding hydrogens is 1430 g/mol. The smallest absolute Gasteiger partial charge is 0.462 e. The first-order valence-corrected chi connectivity index (χ1v) is 44.3. The molecule has 0 radical (unpaired) electrons. The standard InChI is InChI=1S/C91H144O17P2/c1-5-9-13-17-21-25-29-33-37-40-42-45-49-52-56-60-64-68-72-76-89(94)102-82-87(108-91(96)78-74-70-66-62-58-54-50-46-43-41-38-34-30-26-22-18-14-10-6-2)84-106-110(99,100)104-80-85(92)79-103-109(97,98)105-83-86(107-90(95)77-73-69-65-61-57-53-47-36-32-28-24-20-16-12-8-4)81-101-88(93)75-71-67-63-59-55-51-48-44-39-35-31-27-23-19-15-11-7-3/h9-11,13-15,21-28,33-39,42-43,45-48,51-52,56,59,63-64,68,85-87,92H,5-8,12,16-20,29-32,40-41,44,49-50,53-55,57-58,60-62,65-67,69-84H2,1-4H3,(H,97,98)(H,99,100)/b13-9-,14-10-,15-11-,25-21-,26-22-,27-23-,28-24-,37-33-,38-34-,39-35-,45-42-,46-43-,47-36-,51-48-,56-52-,63-59-,68-64-. The molecule has 17 nitrogen and oxygen atoms in total. The lowest BCUT2D eigenvalue weighted by molar-refractivity contribution is -0.161. The summed E-state index contributed by atoms with van der Waals surface area (Å²) in [5.74, 6) is -2.39. The van der Waals surface area contributed by atoms with E-state index in [1.807, 2.05) is 30.4 Å². The van der Waals surface area contributed by atoms with Gasteiger partial charge in [-0.15, -0.1) is 0 Å². The quantitative estimate of drug-likeness (QED) is 0.0169. The van der Waals surface area contributed by atoms with Crippen LogP contribution in [0.2, 0.25) is 0 Å². The highest BCUT2D eigenvalue weighted by molar-refractivity contribution is 7.47. The molecule has 0 aromatic rings. The van der Waals surface area contributed by atoms with Crippen LogP contribution in [0.25, 0.3) is 0 Å². The number of unbranched alkanes of at least 4 members (excludes halogenated alkanes) is 15. The van der Waals surface area contributed by atoms with E-state index in [2.05, 4.69) is 204 Å². The Morgan fingerprint density at radius 2 is 0.500 bits per heavy atom. The molecule has 0 saturated carbocycles. The summed E-state index contributed by atoms with van der Waals surface area (Å²) in [5.41, 5.74) is 0. The van der Waals surface area contributed by atoms with Gasteiger partial charge >= 0.3 is 39.5 Å². The van der Waals surface area contributed by atoms with Crippen molar-refractivity contribution in [3.05, 3.63) is 207 Å². The molecule has 0 heterocycles. The second kappa shape index (κ2) is 80.7. The molecule has 0 saturated heterocycles. The largest absolute Gasteiger partial charge is 0.472 e. The minimum Gasteiger partial charge on any atom is -0.462 e. The maximum Gasteiger partial charge on any atom is 0.472 e. The third-order valence-corrected chi connectivity index (χ3v) is 18.1. The zero-order valence-electron chi connectivity index (χ0n) is 67.8. The normalized spacial score (nSPS) is 14.9. The summed E-state index contributed by atoms with van der Waals surface area (Å²) in [6.45, 7) is 4.30. The van der Waals surface area contributed by atoms with E-state index in [-0.39, 0.29) is 25.7 Å². The highest BCUT2D eigenvalue weighted by atomic mass is 31.2. The van der Waals surface area contributed by atoms with Crippen molar-refractivity contribution in [2.24, 2.45) is 0 Å². The van der Waals surface area contributed by atoms with Gasteiger partial charge in [0.05, 0.1) is 26.4 Å². The minimum atomic E-state index is -5.02. The van der Waals surface area contributed by atoms with Gasteiger partial charge < -0.3 is 33.8 Å². The summed E-state index contributed by atoms with van der Waals surface area (Å²) in [5, 5.41) is 10.7. The van der Waals surface area contributed by atoms with E-state index in [1.54, 1.807) is 0 Å². The summed E-state index contributed by atoms with van der Waals surface area (Å²) < 4.78 is 68.6. The maximum atomic E-state index is 13.1. The van der Waals surface area contributed by atoms with E-state index in [4.69, 9.17) is 37.0 Å². The Labute approximate surface area is 665 Å². The van der Waals surface area contributed by atoms with Gasteiger partial charge in [0.15, 0.2) is 12.2 Å². The number of carbonyl (C=O) groups excluding carboxylic acids is 4. The Morgan fingerprint density at radius 1 is 0.264 bits per heavy atom. The predicted molar refractivity (Wildman–Crippen MR) is 454 cm³/mol. The number of ether oxygens (including phenoxy) is 4. The molecule has 5 unspecified atom stereocenters. The number of aliphatic hydroxyl groups is 1. The van der Waals surface area contributed by atoms with Crippen LogP contribution < -0.4 is 0 Å². The van der Waals surface area contributed by atoms with Crippen LogP contribution in [0.3, 0.4) is 0 Å². The van der Waals surface area contributed by atoms with Crippen molar-refractivity contribution in [1.29, 1.82) is 0 Å². The maximum absolute atomic E-state index is 13.1. The topological polar surface area (TPSA) is 237 Å². The Balaban J connectivity index is 5.54. The third-order valence-electron chi connectivity index (χ3n) is 16.2. The molecule has 3 N–H and O–H groups in total. The van der Waals surface area contributed by atoms with E-state index in [9.17, 15) is 43.2 Å². The summed E-state index contributed by atoms with van der Waals surface area (Å²) in [7, 11) is -10.0. The lowest BCUT2D eigenvalue weighted by Crippen LogP contribution is -2.30. The Morgan fingerprint density at radius 3 is 0.809 bits per heavy atom. The van der Waals surface area contributed by atoms with Crippen LogP contribution in [0.15, 0.2) is 207 Å². The van der Waals surface area contributed by atoms with Crippen molar-refractivity contribution >= 4 is 39.5 Å². The van der Waals surface area contributed by atoms with Crippen LogP contribution in [-0.4, -0.2) is 96.7 Å². The van der Waals surface area contributed by atoms with Gasteiger partial charge in [0, 0.05) is 25.7 Å². The van der Waals surface area contributed by atoms with Crippen molar-refractivity contribution in [2.45, 2.75) is 303 Å². The molecule has 620 valence electrons. The molecule has 0 amide bonds. The molecule has 0 aliphatic rings. The summed E-state index contributed by atoms with van der Waals surface area (Å²) in [6.07, 6.45) is 101. The van der Waals surface area contributed by atoms with Crippen LogP contribution in [0.1, 0.15) is 285 Å². The van der Waals surface area contributed by atoms with Crippen molar-refractivity contribution in [1.82, 2.24) is 0 Å². The number of esters is 4. The van der Waals surface area contributed by atoms with Crippen molar-refractivity contribution in [3.63, 3.8) is 0 Å². The van der Waals surface area contributed by atoms with Crippen LogP contribution >= 0.6 is 15.6 Å². The molecule has 110 heavy (non-hydrogen) atoms. The van der Waals surface area contributed by atoms with Gasteiger partial charge in [-0.1, -0.05) is 292 Å². The predicted octanol–water partition coefficient (Wildman–Crippen LogP) is 24.7.